The number of methoxy groups -OCH3 is 1. The van der Waals surface area contributed by atoms with Crippen LogP contribution < -0.4 is 0 Å². The van der Waals surface area contributed by atoms with E-state index in [4.69, 9.17) is 11.6 Å². The highest BCUT2D eigenvalue weighted by atomic mass is 79.9. The Morgan fingerprint density at radius 1 is 1.53 bits per heavy atom. The monoisotopic (exact) mass is 348 g/mol. The minimum Gasteiger partial charge on any atom is -0.469 e. The van der Waals surface area contributed by atoms with Crippen LogP contribution in [-0.4, -0.2) is 42.5 Å². The Bertz CT molecular complexity index is 482. The van der Waals surface area contributed by atoms with Crippen LogP contribution in [-0.2, 0) is 9.53 Å². The summed E-state index contributed by atoms with van der Waals surface area (Å²) in [6.45, 7) is 0.441. The summed E-state index contributed by atoms with van der Waals surface area (Å²) in [7, 11) is 2.99. The molecule has 104 valence electrons. The molecule has 0 bridgehead atoms. The molecule has 1 amide bonds. The molecule has 1 rings (SSSR count). The molecule has 0 radical (unpaired) electrons. The van der Waals surface area contributed by atoms with Crippen LogP contribution in [0.25, 0.3) is 0 Å². The maximum Gasteiger partial charge on any atom is 0.305 e. The molecule has 0 aliphatic carbocycles. The Kier molecular flexibility index (Phi) is 6.24. The summed E-state index contributed by atoms with van der Waals surface area (Å²) in [6, 6.07) is 1.62. The summed E-state index contributed by atoms with van der Waals surface area (Å²) in [5, 5.41) is 0.160. The number of pyridine rings is 1. The third kappa shape index (κ3) is 4.80. The summed E-state index contributed by atoms with van der Waals surface area (Å²) in [5.41, 5.74) is 0.330. The van der Waals surface area contributed by atoms with Gasteiger partial charge in [-0.05, 0) is 28.4 Å². The fourth-order valence-electron chi connectivity index (χ4n) is 1.44. The van der Waals surface area contributed by atoms with Crippen LogP contribution in [0.2, 0.25) is 5.15 Å². The number of amides is 1. The van der Waals surface area contributed by atoms with Crippen molar-refractivity contribution in [1.29, 1.82) is 0 Å². The third-order valence-electron chi connectivity index (χ3n) is 2.48. The Hall–Kier alpha value is -1.14. The number of carbonyl (C=O) groups is 2. The Labute approximate surface area is 125 Å². The fourth-order valence-corrected chi connectivity index (χ4v) is 1.96. The van der Waals surface area contributed by atoms with Gasteiger partial charge in [0.05, 0.1) is 12.7 Å². The molecule has 5 nitrogen and oxygen atoms in total. The van der Waals surface area contributed by atoms with Crippen molar-refractivity contribution < 1.29 is 14.3 Å². The molecule has 0 unspecified atom stereocenters. The average Bonchev–Trinajstić information content (AvgIpc) is 2.40. The highest BCUT2D eigenvalue weighted by molar-refractivity contribution is 9.10. The first kappa shape index (κ1) is 15.9. The van der Waals surface area contributed by atoms with Crippen LogP contribution in [0.5, 0.6) is 0 Å². The van der Waals surface area contributed by atoms with E-state index in [2.05, 4.69) is 25.7 Å². The Morgan fingerprint density at radius 2 is 2.21 bits per heavy atom. The van der Waals surface area contributed by atoms with E-state index in [0.717, 1.165) is 0 Å². The molecule has 0 aliphatic rings. The van der Waals surface area contributed by atoms with Crippen molar-refractivity contribution in [2.75, 3.05) is 20.7 Å². The number of nitrogens with zero attached hydrogens (tertiary/aromatic N) is 2. The first-order valence-electron chi connectivity index (χ1n) is 5.59. The van der Waals surface area contributed by atoms with Crippen molar-refractivity contribution in [3.8, 4) is 0 Å². The Balaban J connectivity index is 2.61. The van der Waals surface area contributed by atoms with Gasteiger partial charge in [-0.2, -0.15) is 0 Å². The number of hydrogen-bond acceptors (Lipinski definition) is 4. The van der Waals surface area contributed by atoms with Crippen molar-refractivity contribution >= 4 is 39.4 Å². The third-order valence-corrected chi connectivity index (χ3v) is 3.22. The van der Waals surface area contributed by atoms with Gasteiger partial charge in [0.15, 0.2) is 0 Å². The number of hydrogen-bond donors (Lipinski definition) is 0. The predicted octanol–water partition coefficient (Wildman–Crippen LogP) is 2.52. The second-order valence-corrected chi connectivity index (χ2v) is 5.17. The van der Waals surface area contributed by atoms with Crippen molar-refractivity contribution in [2.45, 2.75) is 12.8 Å². The van der Waals surface area contributed by atoms with E-state index in [1.54, 1.807) is 13.1 Å². The van der Waals surface area contributed by atoms with E-state index in [0.29, 0.717) is 23.0 Å². The normalized spacial score (nSPS) is 10.1. The fraction of sp³-hybridized carbons (Fsp3) is 0.417. The summed E-state index contributed by atoms with van der Waals surface area (Å²) >= 11 is 9.13. The molecule has 19 heavy (non-hydrogen) atoms. The van der Waals surface area contributed by atoms with E-state index in [-0.39, 0.29) is 23.5 Å². The lowest BCUT2D eigenvalue weighted by atomic mass is 10.2. The standard InChI is InChI=1S/C12H14BrClN2O3/c1-16(5-3-4-10(17)19-2)12(18)9-6-8(13)7-15-11(9)14/h6-7H,3-5H2,1-2H3. The molecule has 0 aromatic carbocycles. The molecule has 1 heterocycles. The van der Waals surface area contributed by atoms with Crippen LogP contribution >= 0.6 is 27.5 Å². The topological polar surface area (TPSA) is 59.5 Å². The van der Waals surface area contributed by atoms with E-state index in [9.17, 15) is 9.59 Å². The molecule has 0 N–H and O–H groups in total. The van der Waals surface area contributed by atoms with E-state index in [1.807, 2.05) is 0 Å². The summed E-state index contributed by atoms with van der Waals surface area (Å²) < 4.78 is 5.22. The number of aromatic nitrogens is 1. The van der Waals surface area contributed by atoms with Crippen LogP contribution in [0.4, 0.5) is 0 Å². The second kappa shape index (κ2) is 7.45. The molecule has 0 saturated heterocycles. The van der Waals surface area contributed by atoms with Crippen molar-refractivity contribution in [2.24, 2.45) is 0 Å². The highest BCUT2D eigenvalue weighted by Gasteiger charge is 2.16. The van der Waals surface area contributed by atoms with Gasteiger partial charge in [-0.1, -0.05) is 11.6 Å². The second-order valence-electron chi connectivity index (χ2n) is 3.90. The molecule has 7 heteroatoms. The Morgan fingerprint density at radius 3 is 2.84 bits per heavy atom. The SMILES string of the molecule is COC(=O)CCCN(C)C(=O)c1cc(Br)cnc1Cl. The number of halogens is 2. The van der Waals surface area contributed by atoms with Gasteiger partial charge < -0.3 is 9.64 Å². The van der Waals surface area contributed by atoms with Gasteiger partial charge >= 0.3 is 5.97 Å². The zero-order chi connectivity index (χ0) is 14.4. The zero-order valence-corrected chi connectivity index (χ0v) is 13.0. The number of esters is 1. The molecule has 1 aromatic rings. The van der Waals surface area contributed by atoms with Gasteiger partial charge in [0.2, 0.25) is 0 Å². The highest BCUT2D eigenvalue weighted by Crippen LogP contribution is 2.19. The minimum absolute atomic E-state index is 0.160. The van der Waals surface area contributed by atoms with Crippen LogP contribution in [0, 0.1) is 0 Å². The molecule has 0 spiro atoms. The molecule has 0 aliphatic heterocycles. The molecule has 0 saturated carbocycles. The van der Waals surface area contributed by atoms with Crippen molar-refractivity contribution in [1.82, 2.24) is 9.88 Å². The molecular formula is C12H14BrClN2O3. The quantitative estimate of drug-likeness (QED) is 0.605. The maximum atomic E-state index is 12.1. The molecule has 0 atom stereocenters. The van der Waals surface area contributed by atoms with Gasteiger partial charge in [-0.15, -0.1) is 0 Å². The lowest BCUT2D eigenvalue weighted by Crippen LogP contribution is -2.28. The maximum absolute atomic E-state index is 12.1. The molecule has 0 fully saturated rings. The zero-order valence-electron chi connectivity index (χ0n) is 10.7. The van der Waals surface area contributed by atoms with Gasteiger partial charge in [0.25, 0.3) is 5.91 Å². The lowest BCUT2D eigenvalue weighted by Gasteiger charge is -2.17. The molecule has 1 aromatic heterocycles. The lowest BCUT2D eigenvalue weighted by molar-refractivity contribution is -0.140. The van der Waals surface area contributed by atoms with Crippen molar-refractivity contribution in [3.05, 3.63) is 27.5 Å². The minimum atomic E-state index is -0.289. The van der Waals surface area contributed by atoms with Gasteiger partial charge in [-0.25, -0.2) is 4.98 Å². The van der Waals surface area contributed by atoms with Gasteiger partial charge in [0, 0.05) is 30.7 Å². The number of rotatable bonds is 5. The van der Waals surface area contributed by atoms with Gasteiger partial charge in [0.1, 0.15) is 5.15 Å². The average molecular weight is 350 g/mol. The van der Waals surface area contributed by atoms with E-state index in [1.165, 1.54) is 18.2 Å². The van der Waals surface area contributed by atoms with E-state index >= 15 is 0 Å². The smallest absolute Gasteiger partial charge is 0.305 e. The van der Waals surface area contributed by atoms with Crippen LogP contribution in [0.1, 0.15) is 23.2 Å². The largest absolute Gasteiger partial charge is 0.469 e. The van der Waals surface area contributed by atoms with Gasteiger partial charge in [-0.3, -0.25) is 9.59 Å². The van der Waals surface area contributed by atoms with E-state index < -0.39 is 0 Å². The molecular weight excluding hydrogens is 336 g/mol. The number of carbonyl (C=O) groups excluding carboxylic acids is 2. The first-order valence-corrected chi connectivity index (χ1v) is 6.76. The summed E-state index contributed by atoms with van der Waals surface area (Å²) in [5.74, 6) is -0.522. The number of ether oxygens (including phenoxy) is 1. The van der Waals surface area contributed by atoms with Crippen LogP contribution in [0.3, 0.4) is 0 Å². The predicted molar refractivity (Wildman–Crippen MR) is 75.2 cm³/mol. The van der Waals surface area contributed by atoms with Crippen molar-refractivity contribution in [3.63, 3.8) is 0 Å². The summed E-state index contributed by atoms with van der Waals surface area (Å²) in [6.07, 6.45) is 2.34. The summed E-state index contributed by atoms with van der Waals surface area (Å²) in [4.78, 5) is 28.5. The van der Waals surface area contributed by atoms with Crippen LogP contribution in [0.15, 0.2) is 16.7 Å². The first-order chi connectivity index (χ1) is 8.95.